The van der Waals surface area contributed by atoms with Gasteiger partial charge in [0, 0.05) is 118 Å². The molecule has 0 aromatic rings. The van der Waals surface area contributed by atoms with Crippen molar-refractivity contribution < 1.29 is 65.0 Å². The molecule has 4 unspecified atom stereocenters. The first-order valence-electron chi connectivity index (χ1n) is 12.8. The monoisotopic (exact) mass is 654 g/mol. The summed E-state index contributed by atoms with van der Waals surface area (Å²) in [4.78, 5) is 43.7. The average Bonchev–Trinajstić information content (AvgIpc) is 2.88. The molecule has 4 aliphatic heterocycles. The summed E-state index contributed by atoms with van der Waals surface area (Å²) < 4.78 is 34.2. The van der Waals surface area contributed by atoms with E-state index in [0.29, 0.717) is 0 Å². The standard InChI is InChI=1S/4C7H10NO.ClH3O4.Fe/c4*1-6-4-3-5-7(2)8(6)9;2-1(3,4)5;/h4*3-6H,1-2H3;2-4H;/q4*+1;;+2. The quantitative estimate of drug-likeness (QED) is 0.263. The Morgan fingerprint density at radius 3 is 0.762 bits per heavy atom. The molecule has 0 amide bonds. The molecule has 0 aliphatic carbocycles. The minimum atomic E-state index is -4.19. The molecule has 0 aromatic carbocycles. The number of hydrogen-bond donors (Lipinski definition) is 3. The van der Waals surface area contributed by atoms with Crippen LogP contribution >= 0.6 is 0 Å². The molecule has 0 bridgehead atoms. The van der Waals surface area contributed by atoms with Crippen molar-refractivity contribution in [2.24, 2.45) is 0 Å². The van der Waals surface area contributed by atoms with Crippen molar-refractivity contribution >= 4 is 0 Å². The van der Waals surface area contributed by atoms with Crippen LogP contribution in [0.5, 0.6) is 0 Å². The van der Waals surface area contributed by atoms with Crippen molar-refractivity contribution in [3.8, 4) is 0 Å². The molecule has 4 heterocycles. The van der Waals surface area contributed by atoms with Crippen LogP contribution in [0.3, 0.4) is 0 Å². The second kappa shape index (κ2) is 20.0. The molecular weight excluding hydrogens is 612 g/mol. The second-order valence-electron chi connectivity index (χ2n) is 9.47. The number of hydrogen-bond acceptors (Lipinski definition) is 8. The molecule has 14 heteroatoms. The Bertz CT molecular complexity index is 1040. The van der Waals surface area contributed by atoms with E-state index >= 15 is 0 Å². The average molecular weight is 655 g/mol. The molecule has 4 rings (SSSR count). The first-order valence-corrected chi connectivity index (χ1v) is 14.1. The first kappa shape index (κ1) is 41.1. The van der Waals surface area contributed by atoms with Crippen molar-refractivity contribution in [3.05, 3.63) is 115 Å². The van der Waals surface area contributed by atoms with E-state index in [2.05, 4.69) is 0 Å². The van der Waals surface area contributed by atoms with Crippen molar-refractivity contribution in [2.75, 3.05) is 0 Å². The van der Waals surface area contributed by atoms with E-state index in [4.69, 9.17) is 18.6 Å². The fraction of sp³-hybridized carbons (Fsp3) is 0.429. The SMILES string of the molecule is CC1=CC=CC(C)[N+]1=O.CC1=CC=CC(C)[N+]1=O.CC1=CC=CC(C)[N+]1=O.CC1=CC=CC(C)[N+]1=O.[Fe+2].[O-][Cl+](O)(O)O. The molecular formula is C28H43ClFeN4O8+6. The van der Waals surface area contributed by atoms with Crippen LogP contribution in [0.4, 0.5) is 0 Å². The number of allylic oxidation sites excluding steroid dienone is 12. The Morgan fingerprint density at radius 2 is 0.667 bits per heavy atom. The van der Waals surface area contributed by atoms with Gasteiger partial charge in [-0.25, -0.2) is 0 Å². The zero-order valence-electron chi connectivity index (χ0n) is 25.1. The number of nitroso groups, excluding NO2 is 4. The molecule has 0 saturated carbocycles. The number of rotatable bonds is 0. The van der Waals surface area contributed by atoms with Crippen molar-refractivity contribution in [1.82, 2.24) is 0 Å². The summed E-state index contributed by atoms with van der Waals surface area (Å²) in [5, 5.41) is 0. The van der Waals surface area contributed by atoms with E-state index in [0.717, 1.165) is 41.8 Å². The maximum atomic E-state index is 10.9. The van der Waals surface area contributed by atoms with Crippen LogP contribution in [-0.4, -0.2) is 57.2 Å². The van der Waals surface area contributed by atoms with Gasteiger partial charge in [-0.05, 0) is 24.3 Å². The Balaban J connectivity index is 0. The third-order valence-corrected chi connectivity index (χ3v) is 5.78. The van der Waals surface area contributed by atoms with E-state index < -0.39 is 10.2 Å². The topological polar surface area (TPSA) is 164 Å². The van der Waals surface area contributed by atoms with E-state index in [1.54, 1.807) is 0 Å². The van der Waals surface area contributed by atoms with Crippen molar-refractivity contribution in [1.29, 1.82) is 0 Å². The molecule has 232 valence electrons. The predicted molar refractivity (Wildman–Crippen MR) is 151 cm³/mol. The van der Waals surface area contributed by atoms with Gasteiger partial charge in [0.05, 0.1) is 0 Å². The molecule has 12 nitrogen and oxygen atoms in total. The van der Waals surface area contributed by atoms with Crippen LogP contribution < -0.4 is 4.66 Å². The zero-order chi connectivity index (χ0) is 31.9. The van der Waals surface area contributed by atoms with E-state index in [9.17, 15) is 19.6 Å². The molecule has 0 spiro atoms. The summed E-state index contributed by atoms with van der Waals surface area (Å²) in [6, 6.07) is 0.0370. The maximum absolute atomic E-state index is 10.9. The Kier molecular flexibility index (Phi) is 19.6. The second-order valence-corrected chi connectivity index (χ2v) is 10.3. The van der Waals surface area contributed by atoms with Gasteiger partial charge in [0.25, 0.3) is 0 Å². The molecule has 0 saturated heterocycles. The van der Waals surface area contributed by atoms with Crippen molar-refractivity contribution in [2.45, 2.75) is 79.6 Å². The molecule has 0 aromatic heterocycles. The van der Waals surface area contributed by atoms with Crippen LogP contribution in [0.25, 0.3) is 0 Å². The van der Waals surface area contributed by atoms with Crippen LogP contribution in [0.1, 0.15) is 55.4 Å². The van der Waals surface area contributed by atoms with Crippen LogP contribution in [0.2, 0.25) is 0 Å². The summed E-state index contributed by atoms with van der Waals surface area (Å²) in [5.74, 6) is 0. The summed E-state index contributed by atoms with van der Waals surface area (Å²) in [6.45, 7) is 14.8. The van der Waals surface area contributed by atoms with Gasteiger partial charge in [0.2, 0.25) is 47.0 Å². The van der Waals surface area contributed by atoms with Gasteiger partial charge in [-0.1, -0.05) is 24.3 Å². The first-order chi connectivity index (χ1) is 18.9. The van der Waals surface area contributed by atoms with E-state index in [1.165, 1.54) is 0 Å². The number of halogens is 1. The third kappa shape index (κ3) is 17.0. The molecule has 4 aliphatic rings. The molecule has 0 radical (unpaired) electrons. The fourth-order valence-electron chi connectivity index (χ4n) is 3.31. The van der Waals surface area contributed by atoms with Gasteiger partial charge in [0.15, 0.2) is 0 Å². The van der Waals surface area contributed by atoms with E-state index in [-0.39, 0.29) is 41.2 Å². The fourth-order valence-corrected chi connectivity index (χ4v) is 3.31. The zero-order valence-corrected chi connectivity index (χ0v) is 27.0. The van der Waals surface area contributed by atoms with Gasteiger partial charge in [0.1, 0.15) is 0 Å². The summed E-state index contributed by atoms with van der Waals surface area (Å²) in [6.07, 6.45) is 22.4. The molecule has 4 atom stereocenters. The van der Waals surface area contributed by atoms with Gasteiger partial charge in [-0.3, -0.25) is 0 Å². The van der Waals surface area contributed by atoms with Crippen LogP contribution in [0.15, 0.2) is 95.7 Å². The minimum absolute atomic E-state index is 0. The van der Waals surface area contributed by atoms with Gasteiger partial charge < -0.3 is 0 Å². The number of nitrogens with zero attached hydrogens (tertiary/aromatic N) is 4. The van der Waals surface area contributed by atoms with Crippen LogP contribution in [0, 0.1) is 29.9 Å². The van der Waals surface area contributed by atoms with Gasteiger partial charge in [-0.2, -0.15) is 0 Å². The summed E-state index contributed by atoms with van der Waals surface area (Å²) in [5.41, 5.74) is 3.13. The Labute approximate surface area is 259 Å². The summed E-state index contributed by atoms with van der Waals surface area (Å²) >= 11 is 0. The van der Waals surface area contributed by atoms with Crippen molar-refractivity contribution in [3.63, 3.8) is 0 Å². The molecule has 42 heavy (non-hydrogen) atoms. The van der Waals surface area contributed by atoms with Gasteiger partial charge in [-0.15, -0.1) is 0 Å². The normalized spacial score (nSPS) is 24.3. The Morgan fingerprint density at radius 1 is 0.524 bits per heavy atom. The predicted octanol–water partition coefficient (Wildman–Crippen LogP) is 3.65. The Hall–Kier alpha value is -3.03. The third-order valence-electron chi connectivity index (χ3n) is 5.78. The van der Waals surface area contributed by atoms with Crippen LogP contribution in [-0.2, 0) is 17.1 Å². The molecule has 3 N–H and O–H groups in total. The van der Waals surface area contributed by atoms with E-state index in [1.807, 2.05) is 128 Å². The van der Waals surface area contributed by atoms with Gasteiger partial charge >= 0.3 is 45.9 Å². The summed E-state index contributed by atoms with van der Waals surface area (Å²) in [7, 11) is -4.19. The molecule has 0 fully saturated rings.